The van der Waals surface area contributed by atoms with Crippen LogP contribution in [0.25, 0.3) is 10.8 Å². The third kappa shape index (κ3) is 2.01. The minimum atomic E-state index is 0.632. The number of rotatable bonds is 4. The first kappa shape index (κ1) is 11.0. The number of aromatic nitrogens is 2. The minimum absolute atomic E-state index is 0.632. The van der Waals surface area contributed by atoms with Crippen LogP contribution in [-0.2, 0) is 0 Å². The van der Waals surface area contributed by atoms with Crippen LogP contribution in [0.2, 0.25) is 0 Å². The Labute approximate surface area is 106 Å². The van der Waals surface area contributed by atoms with Crippen LogP contribution in [0.4, 0.5) is 11.6 Å². The third-order valence-corrected chi connectivity index (χ3v) is 3.24. The van der Waals surface area contributed by atoms with Gasteiger partial charge in [-0.15, -0.1) is 0 Å². The highest BCUT2D eigenvalue weighted by Gasteiger charge is 2.24. The fraction of sp³-hybridized carbons (Fsp3) is 0.286. The summed E-state index contributed by atoms with van der Waals surface area (Å²) in [6.07, 6.45) is 6.13. The molecule has 2 heterocycles. The molecule has 0 spiro atoms. The predicted molar refractivity (Wildman–Crippen MR) is 74.6 cm³/mol. The smallest absolute Gasteiger partial charge is 0.135 e. The number of allylic oxidation sites excluding steroid dienone is 1. The molecule has 0 amide bonds. The number of nitrogens with one attached hydrogen (secondary N) is 2. The van der Waals surface area contributed by atoms with Gasteiger partial charge in [0.25, 0.3) is 0 Å². The maximum atomic E-state index is 4.41. The van der Waals surface area contributed by atoms with E-state index in [0.717, 1.165) is 28.1 Å². The van der Waals surface area contributed by atoms with Crippen molar-refractivity contribution in [1.29, 1.82) is 0 Å². The Morgan fingerprint density at radius 3 is 2.94 bits per heavy atom. The van der Waals surface area contributed by atoms with Crippen molar-refractivity contribution < 1.29 is 0 Å². The van der Waals surface area contributed by atoms with E-state index in [2.05, 4.69) is 27.2 Å². The SMILES string of the molecule is C=C(Nc1cc2ccnc(NC)c2cn1)C1CC1. The van der Waals surface area contributed by atoms with Crippen LogP contribution in [-0.4, -0.2) is 17.0 Å². The lowest BCUT2D eigenvalue weighted by molar-refractivity contribution is 1.01. The number of fused-ring (bicyclic) bond motifs is 1. The van der Waals surface area contributed by atoms with E-state index in [0.29, 0.717) is 5.92 Å². The van der Waals surface area contributed by atoms with E-state index in [1.807, 2.05) is 25.4 Å². The Morgan fingerprint density at radius 2 is 2.22 bits per heavy atom. The fourth-order valence-corrected chi connectivity index (χ4v) is 2.03. The molecule has 4 heteroatoms. The standard InChI is InChI=1S/C14H16N4/c1-9(10-3-4-10)18-13-7-11-5-6-16-14(15-2)12(11)8-17-13/h5-8,10H,1,3-4H2,2H3,(H,15,16)(H,17,18). The van der Waals surface area contributed by atoms with Crippen molar-refractivity contribution >= 4 is 22.4 Å². The first-order chi connectivity index (χ1) is 8.78. The number of hydrogen-bond donors (Lipinski definition) is 2. The molecule has 0 saturated heterocycles. The Morgan fingerprint density at radius 1 is 1.39 bits per heavy atom. The van der Waals surface area contributed by atoms with Gasteiger partial charge in [-0.05, 0) is 36.3 Å². The summed E-state index contributed by atoms with van der Waals surface area (Å²) in [6, 6.07) is 4.02. The quantitative estimate of drug-likeness (QED) is 0.862. The monoisotopic (exact) mass is 240 g/mol. The molecule has 0 aromatic carbocycles. The van der Waals surface area contributed by atoms with Crippen LogP contribution in [0.1, 0.15) is 12.8 Å². The zero-order chi connectivity index (χ0) is 12.5. The zero-order valence-corrected chi connectivity index (χ0v) is 10.4. The first-order valence-electron chi connectivity index (χ1n) is 6.16. The van der Waals surface area contributed by atoms with Crippen LogP contribution in [0, 0.1) is 5.92 Å². The van der Waals surface area contributed by atoms with Crippen molar-refractivity contribution in [2.75, 3.05) is 17.7 Å². The average molecular weight is 240 g/mol. The Balaban J connectivity index is 1.93. The Kier molecular flexibility index (Phi) is 2.63. The van der Waals surface area contributed by atoms with E-state index < -0.39 is 0 Å². The maximum Gasteiger partial charge on any atom is 0.135 e. The van der Waals surface area contributed by atoms with Gasteiger partial charge < -0.3 is 10.6 Å². The molecular weight excluding hydrogens is 224 g/mol. The molecule has 1 aliphatic carbocycles. The lowest BCUT2D eigenvalue weighted by atomic mass is 10.2. The molecule has 1 saturated carbocycles. The second-order valence-corrected chi connectivity index (χ2v) is 4.62. The molecule has 2 aromatic heterocycles. The summed E-state index contributed by atoms with van der Waals surface area (Å²) in [7, 11) is 1.86. The van der Waals surface area contributed by atoms with E-state index in [4.69, 9.17) is 0 Å². The van der Waals surface area contributed by atoms with E-state index in [9.17, 15) is 0 Å². The normalized spacial score (nSPS) is 14.5. The van der Waals surface area contributed by atoms with Crippen molar-refractivity contribution in [3.8, 4) is 0 Å². The van der Waals surface area contributed by atoms with Crippen molar-refractivity contribution in [3.05, 3.63) is 36.8 Å². The summed E-state index contributed by atoms with van der Waals surface area (Å²) < 4.78 is 0. The van der Waals surface area contributed by atoms with Gasteiger partial charge in [-0.1, -0.05) is 6.58 Å². The second kappa shape index (κ2) is 4.29. The summed E-state index contributed by atoms with van der Waals surface area (Å²) in [5.74, 6) is 2.34. The average Bonchev–Trinajstić information content (AvgIpc) is 3.22. The van der Waals surface area contributed by atoms with E-state index in [-0.39, 0.29) is 0 Å². The van der Waals surface area contributed by atoms with Gasteiger partial charge in [0.1, 0.15) is 11.6 Å². The highest BCUT2D eigenvalue weighted by molar-refractivity contribution is 5.92. The molecule has 1 aliphatic rings. The highest BCUT2D eigenvalue weighted by atomic mass is 15.0. The Hall–Kier alpha value is -2.10. The molecule has 1 fully saturated rings. The molecule has 0 aliphatic heterocycles. The Bertz CT molecular complexity index is 602. The van der Waals surface area contributed by atoms with Crippen molar-refractivity contribution in [1.82, 2.24) is 9.97 Å². The maximum absolute atomic E-state index is 4.41. The van der Waals surface area contributed by atoms with Crippen LogP contribution in [0.3, 0.4) is 0 Å². The largest absolute Gasteiger partial charge is 0.373 e. The molecule has 4 nitrogen and oxygen atoms in total. The number of nitrogens with zero attached hydrogens (tertiary/aromatic N) is 2. The van der Waals surface area contributed by atoms with Gasteiger partial charge >= 0.3 is 0 Å². The summed E-state index contributed by atoms with van der Waals surface area (Å²) in [5, 5.41) is 8.51. The van der Waals surface area contributed by atoms with E-state index in [1.54, 1.807) is 6.20 Å². The van der Waals surface area contributed by atoms with E-state index >= 15 is 0 Å². The lowest BCUT2D eigenvalue weighted by Gasteiger charge is -2.09. The van der Waals surface area contributed by atoms with Crippen LogP contribution in [0.15, 0.2) is 36.8 Å². The van der Waals surface area contributed by atoms with Gasteiger partial charge in [-0.25, -0.2) is 9.97 Å². The lowest BCUT2D eigenvalue weighted by Crippen LogP contribution is -2.02. The number of anilines is 2. The van der Waals surface area contributed by atoms with Crippen LogP contribution < -0.4 is 10.6 Å². The molecule has 3 rings (SSSR count). The van der Waals surface area contributed by atoms with Crippen LogP contribution in [0.5, 0.6) is 0 Å². The summed E-state index contributed by atoms with van der Waals surface area (Å²) in [5.41, 5.74) is 1.07. The molecule has 0 unspecified atom stereocenters. The highest BCUT2D eigenvalue weighted by Crippen LogP contribution is 2.35. The second-order valence-electron chi connectivity index (χ2n) is 4.62. The van der Waals surface area contributed by atoms with Gasteiger partial charge in [0.05, 0.1) is 0 Å². The molecule has 2 aromatic rings. The molecule has 0 bridgehead atoms. The first-order valence-corrected chi connectivity index (χ1v) is 6.16. The molecule has 0 atom stereocenters. The molecule has 0 radical (unpaired) electrons. The summed E-state index contributed by atoms with van der Waals surface area (Å²) in [4.78, 5) is 8.68. The van der Waals surface area contributed by atoms with Crippen molar-refractivity contribution in [2.45, 2.75) is 12.8 Å². The fourth-order valence-electron chi connectivity index (χ4n) is 2.03. The van der Waals surface area contributed by atoms with Gasteiger partial charge in [-0.3, -0.25) is 0 Å². The number of pyridine rings is 2. The number of hydrogen-bond acceptors (Lipinski definition) is 4. The predicted octanol–water partition coefficient (Wildman–Crippen LogP) is 3.01. The van der Waals surface area contributed by atoms with Crippen LogP contribution >= 0.6 is 0 Å². The molecule has 18 heavy (non-hydrogen) atoms. The topological polar surface area (TPSA) is 49.8 Å². The van der Waals surface area contributed by atoms with Gasteiger partial charge in [0.15, 0.2) is 0 Å². The molecular formula is C14H16N4. The zero-order valence-electron chi connectivity index (χ0n) is 10.4. The summed E-state index contributed by atoms with van der Waals surface area (Å²) >= 11 is 0. The van der Waals surface area contributed by atoms with Gasteiger partial charge in [0.2, 0.25) is 0 Å². The molecule has 92 valence electrons. The minimum Gasteiger partial charge on any atom is -0.373 e. The summed E-state index contributed by atoms with van der Waals surface area (Å²) in [6.45, 7) is 4.05. The van der Waals surface area contributed by atoms with Crippen molar-refractivity contribution in [3.63, 3.8) is 0 Å². The van der Waals surface area contributed by atoms with Crippen molar-refractivity contribution in [2.24, 2.45) is 5.92 Å². The van der Waals surface area contributed by atoms with Gasteiger partial charge in [0, 0.05) is 30.5 Å². The third-order valence-electron chi connectivity index (χ3n) is 3.24. The molecule has 2 N–H and O–H groups in total. The van der Waals surface area contributed by atoms with Gasteiger partial charge in [-0.2, -0.15) is 0 Å². The van der Waals surface area contributed by atoms with E-state index in [1.165, 1.54) is 12.8 Å².